The van der Waals surface area contributed by atoms with Gasteiger partial charge in [0.05, 0.1) is 5.69 Å². The zero-order valence-corrected chi connectivity index (χ0v) is 14.6. The molecule has 0 aliphatic rings. The second-order valence-electron chi connectivity index (χ2n) is 5.08. The van der Waals surface area contributed by atoms with Crippen LogP contribution in [-0.4, -0.2) is 23.3 Å². The first-order valence-corrected chi connectivity index (χ1v) is 8.43. The SMILES string of the molecule is Cc1nc(NC(=O)CCCNC(=O)c2ccc(Cl)cc2)sc1C. The number of aromatic nitrogens is 1. The van der Waals surface area contributed by atoms with Crippen LogP contribution >= 0.6 is 22.9 Å². The van der Waals surface area contributed by atoms with E-state index in [2.05, 4.69) is 15.6 Å². The van der Waals surface area contributed by atoms with Gasteiger partial charge in [0.1, 0.15) is 0 Å². The Morgan fingerprint density at radius 3 is 2.52 bits per heavy atom. The van der Waals surface area contributed by atoms with Gasteiger partial charge < -0.3 is 10.6 Å². The molecule has 0 spiro atoms. The number of amides is 2. The van der Waals surface area contributed by atoms with E-state index in [0.717, 1.165) is 10.6 Å². The molecule has 2 amide bonds. The molecule has 0 aliphatic heterocycles. The lowest BCUT2D eigenvalue weighted by atomic mass is 10.2. The monoisotopic (exact) mass is 351 g/mol. The summed E-state index contributed by atoms with van der Waals surface area (Å²) in [6.45, 7) is 4.31. The molecule has 0 fully saturated rings. The number of carbonyl (C=O) groups excluding carboxylic acids is 2. The average Bonchev–Trinajstić information content (AvgIpc) is 2.82. The Morgan fingerprint density at radius 2 is 1.91 bits per heavy atom. The molecule has 0 unspecified atom stereocenters. The van der Waals surface area contributed by atoms with Crippen LogP contribution in [0.4, 0.5) is 5.13 Å². The molecular weight excluding hydrogens is 334 g/mol. The maximum absolute atomic E-state index is 11.9. The van der Waals surface area contributed by atoms with E-state index < -0.39 is 0 Å². The third-order valence-electron chi connectivity index (χ3n) is 3.25. The fourth-order valence-corrected chi connectivity index (χ4v) is 2.82. The highest BCUT2D eigenvalue weighted by molar-refractivity contribution is 7.15. The summed E-state index contributed by atoms with van der Waals surface area (Å²) in [5, 5.41) is 6.76. The van der Waals surface area contributed by atoms with Gasteiger partial charge in [0.15, 0.2) is 5.13 Å². The fraction of sp³-hybridized carbons (Fsp3) is 0.312. The van der Waals surface area contributed by atoms with Crippen molar-refractivity contribution in [2.45, 2.75) is 26.7 Å². The summed E-state index contributed by atoms with van der Waals surface area (Å²) in [6, 6.07) is 6.67. The lowest BCUT2D eigenvalue weighted by molar-refractivity contribution is -0.116. The van der Waals surface area contributed by atoms with Crippen LogP contribution in [0.1, 0.15) is 33.8 Å². The maximum Gasteiger partial charge on any atom is 0.251 e. The third-order valence-corrected chi connectivity index (χ3v) is 4.49. The molecule has 0 saturated carbocycles. The van der Waals surface area contributed by atoms with E-state index in [1.165, 1.54) is 11.3 Å². The normalized spacial score (nSPS) is 10.4. The Labute approximate surface area is 144 Å². The highest BCUT2D eigenvalue weighted by Gasteiger charge is 2.08. The number of nitrogens with zero attached hydrogens (tertiary/aromatic N) is 1. The van der Waals surface area contributed by atoms with Gasteiger partial charge in [0.25, 0.3) is 5.91 Å². The van der Waals surface area contributed by atoms with Crippen LogP contribution in [0, 0.1) is 13.8 Å². The van der Waals surface area contributed by atoms with Crippen LogP contribution in [0.5, 0.6) is 0 Å². The molecule has 7 heteroatoms. The molecule has 1 aromatic heterocycles. The van der Waals surface area contributed by atoms with Gasteiger partial charge in [-0.3, -0.25) is 9.59 Å². The van der Waals surface area contributed by atoms with Crippen molar-refractivity contribution in [2.75, 3.05) is 11.9 Å². The van der Waals surface area contributed by atoms with Crippen LogP contribution in [0.2, 0.25) is 5.02 Å². The van der Waals surface area contributed by atoms with Gasteiger partial charge in [-0.25, -0.2) is 4.98 Å². The molecule has 23 heavy (non-hydrogen) atoms. The standard InChI is InChI=1S/C16H18ClN3O2S/c1-10-11(2)23-16(19-10)20-14(21)4-3-9-18-15(22)12-5-7-13(17)8-6-12/h5-8H,3-4,9H2,1-2H3,(H,18,22)(H,19,20,21). The van der Waals surface area contributed by atoms with Crippen LogP contribution in [0.25, 0.3) is 0 Å². The molecule has 5 nitrogen and oxygen atoms in total. The predicted molar refractivity (Wildman–Crippen MR) is 93.2 cm³/mol. The second kappa shape index (κ2) is 8.08. The summed E-state index contributed by atoms with van der Waals surface area (Å²) in [7, 11) is 0. The molecule has 122 valence electrons. The Bertz CT molecular complexity index is 678. The van der Waals surface area contributed by atoms with Crippen LogP contribution in [-0.2, 0) is 4.79 Å². The summed E-state index contributed by atoms with van der Waals surface area (Å²) in [4.78, 5) is 29.0. The number of hydrogen-bond donors (Lipinski definition) is 2. The minimum absolute atomic E-state index is 0.0977. The number of hydrogen-bond acceptors (Lipinski definition) is 4. The number of thiazole rings is 1. The summed E-state index contributed by atoms with van der Waals surface area (Å²) < 4.78 is 0. The largest absolute Gasteiger partial charge is 0.352 e. The Balaban J connectivity index is 1.69. The molecule has 0 atom stereocenters. The molecule has 2 aromatic rings. The van der Waals surface area contributed by atoms with Crippen molar-refractivity contribution in [3.63, 3.8) is 0 Å². The number of halogens is 1. The summed E-state index contributed by atoms with van der Waals surface area (Å²) in [5.41, 5.74) is 1.48. The molecule has 1 heterocycles. The highest BCUT2D eigenvalue weighted by atomic mass is 35.5. The van der Waals surface area contributed by atoms with Crippen molar-refractivity contribution >= 4 is 39.9 Å². The van der Waals surface area contributed by atoms with E-state index in [1.807, 2.05) is 13.8 Å². The number of rotatable bonds is 6. The highest BCUT2D eigenvalue weighted by Crippen LogP contribution is 2.21. The number of anilines is 1. The van der Waals surface area contributed by atoms with Gasteiger partial charge in [-0.2, -0.15) is 0 Å². The van der Waals surface area contributed by atoms with Gasteiger partial charge >= 0.3 is 0 Å². The van der Waals surface area contributed by atoms with E-state index in [1.54, 1.807) is 24.3 Å². The number of aryl methyl sites for hydroxylation is 2. The van der Waals surface area contributed by atoms with Crippen LogP contribution in [0.15, 0.2) is 24.3 Å². The second-order valence-corrected chi connectivity index (χ2v) is 6.71. The van der Waals surface area contributed by atoms with Gasteiger partial charge in [-0.1, -0.05) is 11.6 Å². The van der Waals surface area contributed by atoms with Gasteiger partial charge in [0.2, 0.25) is 5.91 Å². The molecule has 0 radical (unpaired) electrons. The van der Waals surface area contributed by atoms with Crippen LogP contribution < -0.4 is 10.6 Å². The van der Waals surface area contributed by atoms with Gasteiger partial charge in [-0.05, 0) is 44.5 Å². The number of carbonyl (C=O) groups is 2. The van der Waals surface area contributed by atoms with E-state index in [-0.39, 0.29) is 11.8 Å². The third kappa shape index (κ3) is 5.33. The van der Waals surface area contributed by atoms with Crippen molar-refractivity contribution in [3.8, 4) is 0 Å². The molecule has 0 aliphatic carbocycles. The summed E-state index contributed by atoms with van der Waals surface area (Å²) in [6.07, 6.45) is 0.896. The first-order chi connectivity index (χ1) is 11.0. The summed E-state index contributed by atoms with van der Waals surface area (Å²) in [5.74, 6) is -0.271. The number of nitrogens with one attached hydrogen (secondary N) is 2. The van der Waals surface area contributed by atoms with Crippen LogP contribution in [0.3, 0.4) is 0 Å². The van der Waals surface area contributed by atoms with E-state index >= 15 is 0 Å². The first-order valence-electron chi connectivity index (χ1n) is 7.23. The minimum atomic E-state index is -0.173. The lowest BCUT2D eigenvalue weighted by Crippen LogP contribution is -2.25. The molecule has 0 bridgehead atoms. The molecule has 2 rings (SSSR count). The van der Waals surface area contributed by atoms with E-state index in [9.17, 15) is 9.59 Å². The Kier molecular flexibility index (Phi) is 6.12. The zero-order chi connectivity index (χ0) is 16.8. The van der Waals surface area contributed by atoms with Crippen molar-refractivity contribution < 1.29 is 9.59 Å². The zero-order valence-electron chi connectivity index (χ0n) is 13.0. The average molecular weight is 352 g/mol. The first kappa shape index (κ1) is 17.4. The molecule has 0 saturated heterocycles. The topological polar surface area (TPSA) is 71.1 Å². The van der Waals surface area contributed by atoms with Crippen molar-refractivity contribution in [2.24, 2.45) is 0 Å². The molecule has 1 aromatic carbocycles. The number of benzene rings is 1. The van der Waals surface area contributed by atoms with Gasteiger partial charge in [0, 0.05) is 28.4 Å². The maximum atomic E-state index is 11.9. The van der Waals surface area contributed by atoms with Crippen molar-refractivity contribution in [1.29, 1.82) is 0 Å². The smallest absolute Gasteiger partial charge is 0.251 e. The lowest BCUT2D eigenvalue weighted by Gasteiger charge is -2.05. The van der Waals surface area contributed by atoms with Crippen molar-refractivity contribution in [3.05, 3.63) is 45.4 Å². The Morgan fingerprint density at radius 1 is 1.22 bits per heavy atom. The molecular formula is C16H18ClN3O2S. The summed E-state index contributed by atoms with van der Waals surface area (Å²) >= 11 is 7.24. The van der Waals surface area contributed by atoms with Crippen molar-refractivity contribution in [1.82, 2.24) is 10.3 Å². The fourth-order valence-electron chi connectivity index (χ4n) is 1.86. The quantitative estimate of drug-likeness (QED) is 0.781. The molecule has 2 N–H and O–H groups in total. The minimum Gasteiger partial charge on any atom is -0.352 e. The van der Waals surface area contributed by atoms with Gasteiger partial charge in [-0.15, -0.1) is 11.3 Å². The van der Waals surface area contributed by atoms with E-state index in [0.29, 0.717) is 35.1 Å². The predicted octanol–water partition coefficient (Wildman–Crippen LogP) is 3.56. The Hall–Kier alpha value is -1.92. The van der Waals surface area contributed by atoms with E-state index in [4.69, 9.17) is 11.6 Å².